The van der Waals surface area contributed by atoms with Gasteiger partial charge in [0.2, 0.25) is 11.1 Å². The highest BCUT2D eigenvalue weighted by molar-refractivity contribution is 7.99. The lowest BCUT2D eigenvalue weighted by molar-refractivity contribution is -0.118. The molecule has 7 heteroatoms. The van der Waals surface area contributed by atoms with Crippen LogP contribution in [-0.4, -0.2) is 26.3 Å². The van der Waals surface area contributed by atoms with E-state index in [1.165, 1.54) is 5.56 Å². The van der Waals surface area contributed by atoms with Crippen LogP contribution in [-0.2, 0) is 11.4 Å². The standard InChI is InChI=1S/C27H30N4O2S/c1-5-34-26-29-25-28-21-14-27(3,4)15-22(32)23(21)24(31(25)30-26)18-11-8-12-20(13-18)33-16-19-10-7-6-9-17(19)2/h6-13,24H,5,14-16H2,1-4H3,(H,28,29,30). The summed E-state index contributed by atoms with van der Waals surface area (Å²) in [4.78, 5) is 18.1. The summed E-state index contributed by atoms with van der Waals surface area (Å²) in [6, 6.07) is 15.9. The van der Waals surface area contributed by atoms with Crippen LogP contribution in [0.1, 0.15) is 56.3 Å². The van der Waals surface area contributed by atoms with Crippen LogP contribution < -0.4 is 10.1 Å². The van der Waals surface area contributed by atoms with Crippen LogP contribution in [0.2, 0.25) is 0 Å². The van der Waals surface area contributed by atoms with E-state index in [1.54, 1.807) is 11.8 Å². The van der Waals surface area contributed by atoms with E-state index in [1.807, 2.05) is 41.1 Å². The van der Waals surface area contributed by atoms with Crippen LogP contribution in [0.25, 0.3) is 0 Å². The predicted molar refractivity (Wildman–Crippen MR) is 135 cm³/mol. The molecule has 0 spiro atoms. The summed E-state index contributed by atoms with van der Waals surface area (Å²) >= 11 is 1.60. The smallest absolute Gasteiger partial charge is 0.227 e. The van der Waals surface area contributed by atoms with Crippen molar-refractivity contribution in [2.75, 3.05) is 11.1 Å². The Morgan fingerprint density at radius 2 is 2.00 bits per heavy atom. The molecule has 176 valence electrons. The van der Waals surface area contributed by atoms with Gasteiger partial charge in [-0.3, -0.25) is 4.79 Å². The quantitative estimate of drug-likeness (QED) is 0.446. The topological polar surface area (TPSA) is 69.0 Å². The zero-order chi connectivity index (χ0) is 23.9. The molecule has 0 radical (unpaired) electrons. The molecule has 34 heavy (non-hydrogen) atoms. The third kappa shape index (κ3) is 4.37. The maximum atomic E-state index is 13.4. The van der Waals surface area contributed by atoms with Gasteiger partial charge in [-0.1, -0.05) is 68.9 Å². The normalized spacial score (nSPS) is 18.8. The Bertz CT molecular complexity index is 1280. The average molecular weight is 475 g/mol. The van der Waals surface area contributed by atoms with Gasteiger partial charge in [-0.25, -0.2) is 4.68 Å². The molecule has 1 aromatic heterocycles. The van der Waals surface area contributed by atoms with Gasteiger partial charge < -0.3 is 10.1 Å². The minimum absolute atomic E-state index is 0.0881. The zero-order valence-electron chi connectivity index (χ0n) is 20.1. The van der Waals surface area contributed by atoms with E-state index in [0.29, 0.717) is 24.1 Å². The molecule has 1 unspecified atom stereocenters. The Morgan fingerprint density at radius 3 is 2.79 bits per heavy atom. The van der Waals surface area contributed by atoms with Crippen molar-refractivity contribution in [1.29, 1.82) is 0 Å². The van der Waals surface area contributed by atoms with E-state index in [-0.39, 0.29) is 17.2 Å². The third-order valence-corrected chi connectivity index (χ3v) is 7.14. The number of nitrogens with zero attached hydrogens (tertiary/aromatic N) is 3. The van der Waals surface area contributed by atoms with Crippen molar-refractivity contribution in [3.63, 3.8) is 0 Å². The molecule has 0 amide bonds. The number of ether oxygens (including phenoxy) is 1. The van der Waals surface area contributed by atoms with Gasteiger partial charge in [-0.2, -0.15) is 4.98 Å². The zero-order valence-corrected chi connectivity index (χ0v) is 20.9. The van der Waals surface area contributed by atoms with E-state index >= 15 is 0 Å². The Kier molecular flexibility index (Phi) is 5.98. The molecule has 1 N–H and O–H groups in total. The molecular weight excluding hydrogens is 444 g/mol. The molecule has 1 atom stereocenters. The number of thioether (sulfide) groups is 1. The van der Waals surface area contributed by atoms with Gasteiger partial charge in [0, 0.05) is 17.7 Å². The minimum atomic E-state index is -0.324. The number of carbonyl (C=O) groups is 1. The SMILES string of the molecule is CCSc1nc2n(n1)C(c1cccc(OCc3ccccc3C)c1)C1=C(CC(C)(C)CC1=O)N2. The van der Waals surface area contributed by atoms with Crippen LogP contribution >= 0.6 is 11.8 Å². The van der Waals surface area contributed by atoms with Gasteiger partial charge in [0.05, 0.1) is 0 Å². The van der Waals surface area contributed by atoms with Gasteiger partial charge in [0.15, 0.2) is 5.78 Å². The van der Waals surface area contributed by atoms with Crippen molar-refractivity contribution in [3.8, 4) is 5.75 Å². The number of rotatable bonds is 6. The number of carbonyl (C=O) groups excluding carboxylic acids is 1. The second kappa shape index (κ2) is 8.95. The van der Waals surface area contributed by atoms with Crippen molar-refractivity contribution < 1.29 is 9.53 Å². The summed E-state index contributed by atoms with van der Waals surface area (Å²) in [5.74, 6) is 2.52. The molecule has 2 aromatic carbocycles. The number of benzene rings is 2. The van der Waals surface area contributed by atoms with Crippen molar-refractivity contribution in [2.24, 2.45) is 5.41 Å². The number of allylic oxidation sites excluding steroid dienone is 2. The molecule has 1 aliphatic carbocycles. The van der Waals surface area contributed by atoms with Crippen LogP contribution in [0, 0.1) is 12.3 Å². The lowest BCUT2D eigenvalue weighted by atomic mass is 9.73. The van der Waals surface area contributed by atoms with Crippen molar-refractivity contribution in [3.05, 3.63) is 76.5 Å². The molecule has 3 aromatic rings. The van der Waals surface area contributed by atoms with E-state index in [9.17, 15) is 4.79 Å². The number of nitrogens with one attached hydrogen (secondary N) is 1. The Balaban J connectivity index is 1.53. The number of hydrogen-bond donors (Lipinski definition) is 1. The molecule has 1 aliphatic heterocycles. The number of aromatic nitrogens is 3. The first-order valence-corrected chi connectivity index (χ1v) is 12.7. The minimum Gasteiger partial charge on any atom is -0.489 e. The number of hydrogen-bond acceptors (Lipinski definition) is 6. The first-order chi connectivity index (χ1) is 16.3. The fourth-order valence-corrected chi connectivity index (χ4v) is 5.35. The lowest BCUT2D eigenvalue weighted by Gasteiger charge is -2.38. The number of Topliss-reactive ketones (excluding diaryl/α,β-unsaturated/α-hetero) is 1. The fraction of sp³-hybridized carbons (Fsp3) is 0.370. The van der Waals surface area contributed by atoms with E-state index in [0.717, 1.165) is 40.3 Å². The average Bonchev–Trinajstić information content (AvgIpc) is 3.18. The summed E-state index contributed by atoms with van der Waals surface area (Å²) in [5.41, 5.74) is 5.00. The Morgan fingerprint density at radius 1 is 1.18 bits per heavy atom. The number of anilines is 1. The van der Waals surface area contributed by atoms with Gasteiger partial charge in [0.1, 0.15) is 18.4 Å². The van der Waals surface area contributed by atoms with Crippen LogP contribution in [0.4, 0.5) is 5.95 Å². The number of fused-ring (bicyclic) bond motifs is 1. The summed E-state index contributed by atoms with van der Waals surface area (Å²) in [6.45, 7) is 8.95. The molecule has 0 bridgehead atoms. The lowest BCUT2D eigenvalue weighted by Crippen LogP contribution is -2.36. The molecular formula is C27H30N4O2S. The van der Waals surface area contributed by atoms with Gasteiger partial charge in [0.25, 0.3) is 0 Å². The largest absolute Gasteiger partial charge is 0.489 e. The monoisotopic (exact) mass is 474 g/mol. The van der Waals surface area contributed by atoms with Crippen molar-refractivity contribution in [1.82, 2.24) is 14.8 Å². The highest BCUT2D eigenvalue weighted by Gasteiger charge is 2.42. The molecule has 5 rings (SSSR count). The van der Waals surface area contributed by atoms with Crippen molar-refractivity contribution in [2.45, 2.75) is 58.3 Å². The Hall–Kier alpha value is -3.06. The van der Waals surface area contributed by atoms with E-state index in [4.69, 9.17) is 14.8 Å². The van der Waals surface area contributed by atoms with Crippen LogP contribution in [0.3, 0.4) is 0 Å². The fourth-order valence-electron chi connectivity index (χ4n) is 4.80. The highest BCUT2D eigenvalue weighted by Crippen LogP contribution is 2.46. The first kappa shape index (κ1) is 22.7. The van der Waals surface area contributed by atoms with E-state index < -0.39 is 0 Å². The summed E-state index contributed by atoms with van der Waals surface area (Å²) in [7, 11) is 0. The molecule has 2 heterocycles. The summed E-state index contributed by atoms with van der Waals surface area (Å²) < 4.78 is 8.03. The maximum Gasteiger partial charge on any atom is 0.227 e. The van der Waals surface area contributed by atoms with Crippen LogP contribution in [0.15, 0.2) is 65.0 Å². The Labute approximate surface area is 204 Å². The molecule has 6 nitrogen and oxygen atoms in total. The summed E-state index contributed by atoms with van der Waals surface area (Å²) in [6.07, 6.45) is 1.32. The van der Waals surface area contributed by atoms with Gasteiger partial charge >= 0.3 is 0 Å². The van der Waals surface area contributed by atoms with E-state index in [2.05, 4.69) is 45.1 Å². The summed E-state index contributed by atoms with van der Waals surface area (Å²) in [5, 5.41) is 8.92. The molecule has 0 saturated carbocycles. The predicted octanol–water partition coefficient (Wildman–Crippen LogP) is 5.94. The van der Waals surface area contributed by atoms with Gasteiger partial charge in [-0.05, 0) is 53.3 Å². The number of aryl methyl sites for hydroxylation is 1. The van der Waals surface area contributed by atoms with Crippen molar-refractivity contribution >= 4 is 23.5 Å². The van der Waals surface area contributed by atoms with Crippen LogP contribution in [0.5, 0.6) is 5.75 Å². The second-order valence-corrected chi connectivity index (χ2v) is 11.0. The highest BCUT2D eigenvalue weighted by atomic mass is 32.2. The first-order valence-electron chi connectivity index (χ1n) is 11.7. The molecule has 0 saturated heterocycles. The number of ketones is 1. The molecule has 0 fully saturated rings. The maximum absolute atomic E-state index is 13.4. The third-order valence-electron chi connectivity index (χ3n) is 6.42. The van der Waals surface area contributed by atoms with Gasteiger partial charge in [-0.15, -0.1) is 5.10 Å². The second-order valence-electron chi connectivity index (χ2n) is 9.74. The molecule has 2 aliphatic rings.